The molecule has 0 aliphatic heterocycles. The van der Waals surface area contributed by atoms with Crippen LogP contribution < -0.4 is 11.5 Å². The van der Waals surface area contributed by atoms with Crippen LogP contribution >= 0.6 is 7.60 Å². The van der Waals surface area contributed by atoms with Gasteiger partial charge in [0.1, 0.15) is 5.78 Å². The van der Waals surface area contributed by atoms with Crippen molar-refractivity contribution in [2.75, 3.05) is 18.8 Å². The van der Waals surface area contributed by atoms with E-state index in [0.717, 1.165) is 5.56 Å². The van der Waals surface area contributed by atoms with E-state index in [9.17, 15) is 14.4 Å². The molecule has 1 unspecified atom stereocenters. The van der Waals surface area contributed by atoms with Crippen LogP contribution in [0.1, 0.15) is 25.3 Å². The molecule has 1 rings (SSSR count). The molecule has 0 saturated carbocycles. The summed E-state index contributed by atoms with van der Waals surface area (Å²) in [7, 11) is -4.18. The Morgan fingerprint density at radius 2 is 1.90 bits per heavy atom. The average molecular weight is 301 g/mol. The number of nitrogen functional groups attached to an aromatic ring is 1. The summed E-state index contributed by atoms with van der Waals surface area (Å²) < 4.78 is 11.7. The number of nitrogens with zero attached hydrogens (tertiary/aromatic N) is 1. The van der Waals surface area contributed by atoms with Crippen molar-refractivity contribution in [3.63, 3.8) is 0 Å². The van der Waals surface area contributed by atoms with Crippen molar-refractivity contribution in [2.45, 2.75) is 32.1 Å². The SMILES string of the molecule is CCCC(N(CCN)Cc1ccc(N)cc1)P(=O)(O)O. The van der Waals surface area contributed by atoms with Gasteiger partial charge in [0.25, 0.3) is 0 Å². The van der Waals surface area contributed by atoms with Crippen LogP contribution in [0.15, 0.2) is 24.3 Å². The first-order chi connectivity index (χ1) is 9.38. The van der Waals surface area contributed by atoms with E-state index >= 15 is 0 Å². The molecule has 0 spiro atoms. The van der Waals surface area contributed by atoms with E-state index in [1.165, 1.54) is 0 Å². The van der Waals surface area contributed by atoms with Crippen molar-refractivity contribution >= 4 is 13.3 Å². The maximum Gasteiger partial charge on any atom is 0.342 e. The number of hydrogen-bond acceptors (Lipinski definition) is 4. The summed E-state index contributed by atoms with van der Waals surface area (Å²) >= 11 is 0. The lowest BCUT2D eigenvalue weighted by Crippen LogP contribution is -2.38. The molecule has 6 nitrogen and oxygen atoms in total. The van der Waals surface area contributed by atoms with Crippen LogP contribution in [0.25, 0.3) is 0 Å². The van der Waals surface area contributed by atoms with Crippen molar-refractivity contribution < 1.29 is 14.4 Å². The predicted molar refractivity (Wildman–Crippen MR) is 81.1 cm³/mol. The van der Waals surface area contributed by atoms with Crippen molar-refractivity contribution in [1.29, 1.82) is 0 Å². The first-order valence-corrected chi connectivity index (χ1v) is 8.40. The number of nitrogens with two attached hydrogens (primary N) is 2. The highest BCUT2D eigenvalue weighted by Crippen LogP contribution is 2.45. The molecule has 1 aromatic rings. The van der Waals surface area contributed by atoms with Gasteiger partial charge in [0, 0.05) is 25.3 Å². The van der Waals surface area contributed by atoms with Crippen molar-refractivity contribution in [2.24, 2.45) is 5.73 Å². The summed E-state index contributed by atoms with van der Waals surface area (Å²) in [5, 5.41) is 0. The zero-order valence-corrected chi connectivity index (χ0v) is 12.7. The van der Waals surface area contributed by atoms with Crippen molar-refractivity contribution in [1.82, 2.24) is 4.90 Å². The number of hydrogen-bond donors (Lipinski definition) is 4. The predicted octanol–water partition coefficient (Wildman–Crippen LogP) is 1.33. The van der Waals surface area contributed by atoms with Crippen molar-refractivity contribution in [3.05, 3.63) is 29.8 Å². The average Bonchev–Trinajstić information content (AvgIpc) is 2.37. The van der Waals surface area contributed by atoms with Crippen LogP contribution in [0.2, 0.25) is 0 Å². The van der Waals surface area contributed by atoms with E-state index in [0.29, 0.717) is 38.2 Å². The molecule has 0 amide bonds. The number of anilines is 1. The lowest BCUT2D eigenvalue weighted by atomic mass is 10.2. The zero-order valence-electron chi connectivity index (χ0n) is 11.8. The van der Waals surface area contributed by atoms with Crippen LogP contribution in [-0.2, 0) is 11.1 Å². The first kappa shape index (κ1) is 17.1. The van der Waals surface area contributed by atoms with E-state index in [4.69, 9.17) is 11.5 Å². The second-order valence-electron chi connectivity index (χ2n) is 4.86. The van der Waals surface area contributed by atoms with Crippen LogP contribution in [0.4, 0.5) is 5.69 Å². The third kappa shape index (κ3) is 5.23. The fourth-order valence-corrected chi connectivity index (χ4v) is 3.40. The molecule has 0 bridgehead atoms. The summed E-state index contributed by atoms with van der Waals surface area (Å²) in [6, 6.07) is 7.29. The second kappa shape index (κ2) is 7.76. The molecule has 1 aromatic carbocycles. The molecular formula is C13H24N3O3P. The summed E-state index contributed by atoms with van der Waals surface area (Å²) in [5.41, 5.74) is 12.8. The van der Waals surface area contributed by atoms with Gasteiger partial charge in [-0.25, -0.2) is 0 Å². The summed E-state index contributed by atoms with van der Waals surface area (Å²) in [5.74, 6) is -0.784. The lowest BCUT2D eigenvalue weighted by Gasteiger charge is -2.31. The molecule has 0 heterocycles. The first-order valence-electron chi connectivity index (χ1n) is 6.72. The van der Waals surface area contributed by atoms with E-state index in [2.05, 4.69) is 0 Å². The fourth-order valence-electron chi connectivity index (χ4n) is 2.18. The Hall–Kier alpha value is -0.910. The van der Waals surface area contributed by atoms with E-state index in [1.54, 1.807) is 17.0 Å². The third-order valence-electron chi connectivity index (χ3n) is 3.14. The molecule has 0 aromatic heterocycles. The molecule has 6 N–H and O–H groups in total. The monoisotopic (exact) mass is 301 g/mol. The fraction of sp³-hybridized carbons (Fsp3) is 0.538. The zero-order chi connectivity index (χ0) is 15.2. The molecule has 7 heteroatoms. The molecule has 1 atom stereocenters. The number of rotatable bonds is 8. The Balaban J connectivity index is 2.90. The molecule has 0 radical (unpaired) electrons. The minimum Gasteiger partial charge on any atom is -0.399 e. The Labute approximate surface area is 119 Å². The largest absolute Gasteiger partial charge is 0.399 e. The smallest absolute Gasteiger partial charge is 0.342 e. The van der Waals surface area contributed by atoms with Gasteiger partial charge in [-0.15, -0.1) is 0 Å². The minimum absolute atomic E-state index is 0.356. The Kier molecular flexibility index (Phi) is 6.65. The van der Waals surface area contributed by atoms with Crippen molar-refractivity contribution in [3.8, 4) is 0 Å². The van der Waals surface area contributed by atoms with Gasteiger partial charge >= 0.3 is 7.60 Å². The molecule has 0 saturated heterocycles. The standard InChI is InChI=1S/C13H24N3O3P/c1-2-3-13(20(17,18)19)16(9-8-14)10-11-4-6-12(15)7-5-11/h4-7,13H,2-3,8-10,14-15H2,1H3,(H2,17,18,19). The molecule has 0 aliphatic rings. The van der Waals surface area contributed by atoms with Gasteiger partial charge in [-0.1, -0.05) is 25.5 Å². The Bertz CT molecular complexity index is 447. The maximum atomic E-state index is 11.7. The van der Waals surface area contributed by atoms with Crippen LogP contribution in [0, 0.1) is 0 Å². The lowest BCUT2D eigenvalue weighted by molar-refractivity contribution is 0.201. The normalized spacial score (nSPS) is 13.7. The molecule has 0 aliphatic carbocycles. The highest BCUT2D eigenvalue weighted by molar-refractivity contribution is 7.52. The second-order valence-corrected chi connectivity index (χ2v) is 6.63. The summed E-state index contributed by atoms with van der Waals surface area (Å²) in [4.78, 5) is 20.8. The van der Waals surface area contributed by atoms with Gasteiger partial charge in [-0.3, -0.25) is 9.46 Å². The van der Waals surface area contributed by atoms with Gasteiger partial charge in [0.15, 0.2) is 0 Å². The Morgan fingerprint density at radius 1 is 1.30 bits per heavy atom. The molecule has 0 fully saturated rings. The summed E-state index contributed by atoms with van der Waals surface area (Å²) in [6.07, 6.45) is 1.15. The van der Waals surface area contributed by atoms with Gasteiger partial charge in [-0.05, 0) is 24.1 Å². The van der Waals surface area contributed by atoms with Crippen LogP contribution in [-0.4, -0.2) is 33.6 Å². The quantitative estimate of drug-likeness (QED) is 0.425. The third-order valence-corrected chi connectivity index (χ3v) is 4.50. The van der Waals surface area contributed by atoms with Gasteiger partial charge < -0.3 is 21.3 Å². The molecular weight excluding hydrogens is 277 g/mol. The summed E-state index contributed by atoms with van der Waals surface area (Å²) in [6.45, 7) is 3.16. The van der Waals surface area contributed by atoms with Gasteiger partial charge in [0.05, 0.1) is 0 Å². The van der Waals surface area contributed by atoms with E-state index < -0.39 is 13.4 Å². The highest BCUT2D eigenvalue weighted by Gasteiger charge is 2.33. The van der Waals surface area contributed by atoms with Crippen LogP contribution in [0.5, 0.6) is 0 Å². The molecule has 20 heavy (non-hydrogen) atoms. The van der Waals surface area contributed by atoms with E-state index in [-0.39, 0.29) is 0 Å². The topological polar surface area (TPSA) is 113 Å². The maximum absolute atomic E-state index is 11.7. The number of benzene rings is 1. The highest BCUT2D eigenvalue weighted by atomic mass is 31.2. The Morgan fingerprint density at radius 3 is 2.35 bits per heavy atom. The molecule has 114 valence electrons. The van der Waals surface area contributed by atoms with Gasteiger partial charge in [-0.2, -0.15) is 0 Å². The van der Waals surface area contributed by atoms with E-state index in [1.807, 2.05) is 19.1 Å². The minimum atomic E-state index is -4.18. The van der Waals surface area contributed by atoms with Gasteiger partial charge in [0.2, 0.25) is 0 Å². The van der Waals surface area contributed by atoms with Crippen LogP contribution in [0.3, 0.4) is 0 Å².